The normalized spacial score (nSPS) is 28.2. The molecule has 3 aliphatic carbocycles. The first-order valence-corrected chi connectivity index (χ1v) is 13.2. The van der Waals surface area contributed by atoms with Crippen molar-refractivity contribution in [2.45, 2.75) is 50.3 Å². The zero-order valence-electron chi connectivity index (χ0n) is 20.5. The molecule has 0 aromatic heterocycles. The van der Waals surface area contributed by atoms with Gasteiger partial charge in [-0.15, -0.1) is 0 Å². The number of nitrogens with zero attached hydrogens (tertiary/aromatic N) is 2. The molecule has 2 saturated heterocycles. The van der Waals surface area contributed by atoms with Crippen LogP contribution in [-0.4, -0.2) is 60.0 Å². The van der Waals surface area contributed by atoms with Crippen LogP contribution >= 0.6 is 0 Å². The lowest BCUT2D eigenvalue weighted by molar-refractivity contribution is -0.172. The summed E-state index contributed by atoms with van der Waals surface area (Å²) in [6.45, 7) is 2.14. The monoisotopic (exact) mass is 516 g/mol. The number of anilines is 1. The van der Waals surface area contributed by atoms with Crippen molar-refractivity contribution in [2.75, 3.05) is 31.1 Å². The first kappa shape index (κ1) is 24.5. The number of piperidine rings is 1. The van der Waals surface area contributed by atoms with Crippen LogP contribution in [0.3, 0.4) is 0 Å². The minimum absolute atomic E-state index is 0.146. The number of ether oxygens (including phenoxy) is 1. The number of rotatable bonds is 6. The minimum Gasteiger partial charge on any atom is -0.478 e. The number of hydrogen-bond donors (Lipinski definition) is 1. The van der Waals surface area contributed by atoms with Gasteiger partial charge in [-0.2, -0.15) is 13.2 Å². The molecule has 1 aromatic carbocycles. The summed E-state index contributed by atoms with van der Waals surface area (Å²) in [5.41, 5.74) is 2.07. The van der Waals surface area contributed by atoms with Crippen molar-refractivity contribution in [3.63, 3.8) is 0 Å². The Hall–Kier alpha value is -2.81. The Bertz CT molecular complexity index is 1140. The van der Waals surface area contributed by atoms with Crippen LogP contribution in [0.25, 0.3) is 0 Å². The molecule has 6 rings (SSSR count). The van der Waals surface area contributed by atoms with Crippen LogP contribution in [0.1, 0.15) is 48.9 Å². The smallest absolute Gasteiger partial charge is 0.415 e. The molecule has 1 amide bonds. The van der Waals surface area contributed by atoms with E-state index in [1.54, 1.807) is 12.1 Å². The maximum absolute atomic E-state index is 14.0. The van der Waals surface area contributed by atoms with E-state index in [2.05, 4.69) is 4.90 Å². The lowest BCUT2D eigenvalue weighted by Crippen LogP contribution is -2.47. The van der Waals surface area contributed by atoms with Gasteiger partial charge in [-0.05, 0) is 78.8 Å². The average Bonchev–Trinajstić information content (AvgIpc) is 3.78. The first-order valence-electron chi connectivity index (χ1n) is 13.2. The van der Waals surface area contributed by atoms with E-state index in [4.69, 9.17) is 9.84 Å². The Morgan fingerprint density at radius 2 is 1.73 bits per heavy atom. The molecule has 2 aliphatic heterocycles. The standard InChI is InChI=1S/C28H31F3N2O4/c29-28(30,31)24-13-20(22(17-1-2-17)14-23(24)18-3-4-18)15-32-11-9-27(10-12-32)16-33(26(36)37-27)21-7-5-19(6-8-21)25(34)35/h5-8,13-14,17-18,23-24H,1-4,9-12,15-16H2,(H,34,35). The van der Waals surface area contributed by atoms with Gasteiger partial charge in [0.25, 0.3) is 0 Å². The Morgan fingerprint density at radius 1 is 1.05 bits per heavy atom. The number of carbonyl (C=O) groups excluding carboxylic acids is 1. The highest BCUT2D eigenvalue weighted by Gasteiger charge is 2.51. The third kappa shape index (κ3) is 4.90. The molecule has 1 N–H and O–H groups in total. The highest BCUT2D eigenvalue weighted by atomic mass is 19.4. The number of carboxylic acids is 1. The van der Waals surface area contributed by atoms with Gasteiger partial charge in [0.15, 0.2) is 0 Å². The molecule has 2 saturated carbocycles. The van der Waals surface area contributed by atoms with E-state index >= 15 is 0 Å². The second-order valence-electron chi connectivity index (χ2n) is 11.3. The number of alkyl halides is 3. The van der Waals surface area contributed by atoms with Gasteiger partial charge in [-0.3, -0.25) is 9.80 Å². The van der Waals surface area contributed by atoms with Crippen LogP contribution < -0.4 is 4.90 Å². The van der Waals surface area contributed by atoms with Gasteiger partial charge >= 0.3 is 18.2 Å². The average molecular weight is 517 g/mol. The van der Waals surface area contributed by atoms with Gasteiger partial charge in [-0.1, -0.05) is 12.2 Å². The number of carboxylic acid groups (broad SMARTS) is 1. The van der Waals surface area contributed by atoms with Crippen molar-refractivity contribution in [3.8, 4) is 0 Å². The Morgan fingerprint density at radius 3 is 2.30 bits per heavy atom. The van der Waals surface area contributed by atoms with Gasteiger partial charge in [0.1, 0.15) is 5.60 Å². The quantitative estimate of drug-likeness (QED) is 0.529. The second kappa shape index (κ2) is 8.89. The number of hydrogen-bond acceptors (Lipinski definition) is 4. The molecule has 4 fully saturated rings. The molecule has 9 heteroatoms. The number of likely N-dealkylation sites (tertiary alicyclic amines) is 1. The van der Waals surface area contributed by atoms with Gasteiger partial charge in [0.05, 0.1) is 18.0 Å². The van der Waals surface area contributed by atoms with E-state index in [-0.39, 0.29) is 11.5 Å². The summed E-state index contributed by atoms with van der Waals surface area (Å²) < 4.78 is 47.8. The van der Waals surface area contributed by atoms with E-state index in [1.165, 1.54) is 23.1 Å². The molecule has 2 heterocycles. The summed E-state index contributed by atoms with van der Waals surface area (Å²) in [7, 11) is 0. The highest BCUT2D eigenvalue weighted by Crippen LogP contribution is 2.53. The largest absolute Gasteiger partial charge is 0.478 e. The third-order valence-corrected chi connectivity index (χ3v) is 8.66. The zero-order valence-corrected chi connectivity index (χ0v) is 20.5. The van der Waals surface area contributed by atoms with Crippen molar-refractivity contribution in [1.82, 2.24) is 4.90 Å². The highest BCUT2D eigenvalue weighted by molar-refractivity contribution is 5.92. The fourth-order valence-corrected chi connectivity index (χ4v) is 6.23. The van der Waals surface area contributed by atoms with Crippen molar-refractivity contribution in [1.29, 1.82) is 0 Å². The summed E-state index contributed by atoms with van der Waals surface area (Å²) >= 11 is 0. The van der Waals surface area contributed by atoms with Gasteiger partial charge in [0.2, 0.25) is 0 Å². The van der Waals surface area contributed by atoms with Gasteiger partial charge < -0.3 is 9.84 Å². The fraction of sp³-hybridized carbons (Fsp3) is 0.571. The Balaban J connectivity index is 1.12. The van der Waals surface area contributed by atoms with Gasteiger partial charge in [-0.25, -0.2) is 9.59 Å². The van der Waals surface area contributed by atoms with E-state index in [1.807, 2.05) is 6.08 Å². The Kier molecular flexibility index (Phi) is 5.89. The van der Waals surface area contributed by atoms with Crippen molar-refractivity contribution >= 4 is 17.7 Å². The predicted molar refractivity (Wildman–Crippen MR) is 130 cm³/mol. The molecule has 5 aliphatic rings. The van der Waals surface area contributed by atoms with E-state index < -0.39 is 35.7 Å². The fourth-order valence-electron chi connectivity index (χ4n) is 6.23. The number of benzene rings is 1. The third-order valence-electron chi connectivity index (χ3n) is 8.66. The molecular weight excluding hydrogens is 485 g/mol. The lowest BCUT2D eigenvalue weighted by atomic mass is 9.77. The SMILES string of the molecule is O=C(O)c1ccc(N2CC3(CCN(CC4=CC(C(F)(F)F)C(C5CC5)C=C4C4CC4)CC3)OC2=O)cc1. The zero-order chi connectivity index (χ0) is 25.9. The number of carbonyl (C=O) groups is 2. The van der Waals surface area contributed by atoms with Crippen molar-refractivity contribution in [2.24, 2.45) is 23.7 Å². The molecule has 2 atom stereocenters. The number of amides is 1. The van der Waals surface area contributed by atoms with E-state index in [9.17, 15) is 22.8 Å². The molecule has 1 aromatic rings. The molecule has 6 nitrogen and oxygen atoms in total. The molecule has 0 radical (unpaired) electrons. The molecule has 1 spiro atoms. The molecule has 2 unspecified atom stereocenters. The van der Waals surface area contributed by atoms with Crippen LogP contribution in [-0.2, 0) is 4.74 Å². The van der Waals surface area contributed by atoms with E-state index in [0.29, 0.717) is 50.6 Å². The van der Waals surface area contributed by atoms with Crippen LogP contribution in [0.5, 0.6) is 0 Å². The number of allylic oxidation sites excluding steroid dienone is 2. The molecular formula is C28H31F3N2O4. The molecule has 37 heavy (non-hydrogen) atoms. The van der Waals surface area contributed by atoms with Crippen LogP contribution in [0.15, 0.2) is 47.6 Å². The van der Waals surface area contributed by atoms with E-state index in [0.717, 1.165) is 36.8 Å². The summed E-state index contributed by atoms with van der Waals surface area (Å²) in [5.74, 6) is -2.29. The second-order valence-corrected chi connectivity index (χ2v) is 11.3. The summed E-state index contributed by atoms with van der Waals surface area (Å²) in [6.07, 6.45) is 3.91. The maximum Gasteiger partial charge on any atom is 0.415 e. The summed E-state index contributed by atoms with van der Waals surface area (Å²) in [4.78, 5) is 27.5. The maximum atomic E-state index is 14.0. The van der Waals surface area contributed by atoms with Crippen LogP contribution in [0.4, 0.5) is 23.7 Å². The molecule has 198 valence electrons. The summed E-state index contributed by atoms with van der Waals surface area (Å²) in [6, 6.07) is 6.13. The number of aromatic carboxylic acids is 1. The number of halogens is 3. The van der Waals surface area contributed by atoms with Crippen LogP contribution in [0, 0.1) is 23.7 Å². The summed E-state index contributed by atoms with van der Waals surface area (Å²) in [5, 5.41) is 9.11. The first-order chi connectivity index (χ1) is 17.6. The minimum atomic E-state index is -4.24. The molecule has 0 bridgehead atoms. The van der Waals surface area contributed by atoms with Crippen LogP contribution in [0.2, 0.25) is 0 Å². The topological polar surface area (TPSA) is 70.1 Å². The lowest BCUT2D eigenvalue weighted by Gasteiger charge is -2.39. The Labute approximate surface area is 213 Å². The van der Waals surface area contributed by atoms with Crippen molar-refractivity contribution in [3.05, 3.63) is 53.1 Å². The van der Waals surface area contributed by atoms with Gasteiger partial charge in [0, 0.05) is 38.2 Å². The predicted octanol–water partition coefficient (Wildman–Crippen LogP) is 5.66. The van der Waals surface area contributed by atoms with Crippen molar-refractivity contribution < 1.29 is 32.6 Å².